The summed E-state index contributed by atoms with van der Waals surface area (Å²) in [5.74, 6) is -0.361. The molecule has 0 saturated carbocycles. The highest BCUT2D eigenvalue weighted by Gasteiger charge is 2.33. The Kier molecular flexibility index (Phi) is 4.18. The third-order valence-corrected chi connectivity index (χ3v) is 3.01. The van der Waals surface area contributed by atoms with E-state index in [0.717, 1.165) is 11.6 Å². The van der Waals surface area contributed by atoms with E-state index < -0.39 is 11.7 Å². The fourth-order valence-corrected chi connectivity index (χ4v) is 1.88. The van der Waals surface area contributed by atoms with Crippen LogP contribution in [0, 0.1) is 5.82 Å². The highest BCUT2D eigenvalue weighted by Crippen LogP contribution is 2.36. The Morgan fingerprint density at radius 1 is 1.00 bits per heavy atom. The first kappa shape index (κ1) is 14.7. The summed E-state index contributed by atoms with van der Waals surface area (Å²) in [7, 11) is 0. The van der Waals surface area contributed by atoms with Crippen LogP contribution in [-0.4, -0.2) is 0 Å². The first-order chi connectivity index (χ1) is 9.36. The summed E-state index contributed by atoms with van der Waals surface area (Å²) >= 11 is 5.53. The molecule has 0 saturated heterocycles. The van der Waals surface area contributed by atoms with E-state index in [1.165, 1.54) is 24.3 Å². The lowest BCUT2D eigenvalue weighted by Gasteiger charge is -2.12. The van der Waals surface area contributed by atoms with Gasteiger partial charge in [0.1, 0.15) is 5.82 Å². The monoisotopic (exact) mass is 303 g/mol. The van der Waals surface area contributed by atoms with Crippen molar-refractivity contribution in [2.45, 2.75) is 12.7 Å². The van der Waals surface area contributed by atoms with E-state index in [1.54, 1.807) is 12.1 Å². The molecule has 0 aliphatic carbocycles. The third kappa shape index (κ3) is 3.63. The Labute approximate surface area is 118 Å². The molecule has 0 spiro atoms. The van der Waals surface area contributed by atoms with Crippen molar-refractivity contribution in [3.8, 4) is 0 Å². The predicted octanol–water partition coefficient (Wildman–Crippen LogP) is 5.11. The average molecular weight is 304 g/mol. The highest BCUT2D eigenvalue weighted by atomic mass is 35.5. The van der Waals surface area contributed by atoms with Crippen LogP contribution in [-0.2, 0) is 12.7 Å². The minimum atomic E-state index is -4.50. The summed E-state index contributed by atoms with van der Waals surface area (Å²) in [4.78, 5) is 0. The second-order valence-corrected chi connectivity index (χ2v) is 4.58. The lowest BCUT2D eigenvalue weighted by Crippen LogP contribution is -2.07. The molecule has 2 rings (SSSR count). The number of anilines is 1. The van der Waals surface area contributed by atoms with Crippen LogP contribution in [0.5, 0.6) is 0 Å². The van der Waals surface area contributed by atoms with E-state index >= 15 is 0 Å². The average Bonchev–Trinajstić information content (AvgIpc) is 2.38. The molecule has 0 aromatic heterocycles. The van der Waals surface area contributed by atoms with Gasteiger partial charge in [-0.1, -0.05) is 23.7 Å². The van der Waals surface area contributed by atoms with Crippen LogP contribution in [0.2, 0.25) is 5.02 Å². The van der Waals surface area contributed by atoms with E-state index in [9.17, 15) is 17.6 Å². The van der Waals surface area contributed by atoms with Gasteiger partial charge in [-0.2, -0.15) is 13.2 Å². The van der Waals surface area contributed by atoms with Crippen LogP contribution >= 0.6 is 11.6 Å². The Morgan fingerprint density at radius 3 is 2.25 bits per heavy atom. The molecule has 106 valence electrons. The molecule has 1 nitrogen and oxygen atoms in total. The molecule has 0 unspecified atom stereocenters. The molecule has 0 aliphatic heterocycles. The van der Waals surface area contributed by atoms with Crippen LogP contribution in [0.1, 0.15) is 11.1 Å². The standard InChI is InChI=1S/C14H10ClF4N/c15-13-6-5-11(7-12(13)14(17,18)19)20-8-9-1-3-10(16)4-2-9/h1-7,20H,8H2. The highest BCUT2D eigenvalue weighted by molar-refractivity contribution is 6.31. The Bertz CT molecular complexity index is 593. The zero-order valence-electron chi connectivity index (χ0n) is 10.1. The largest absolute Gasteiger partial charge is 0.417 e. The van der Waals surface area contributed by atoms with E-state index in [4.69, 9.17) is 11.6 Å². The predicted molar refractivity (Wildman–Crippen MR) is 70.2 cm³/mol. The van der Waals surface area contributed by atoms with Gasteiger partial charge in [-0.05, 0) is 35.9 Å². The third-order valence-electron chi connectivity index (χ3n) is 2.68. The molecule has 1 N–H and O–H groups in total. The molecule has 0 bridgehead atoms. The minimum Gasteiger partial charge on any atom is -0.381 e. The fraction of sp³-hybridized carbons (Fsp3) is 0.143. The lowest BCUT2D eigenvalue weighted by atomic mass is 10.1. The first-order valence-corrected chi connectivity index (χ1v) is 6.09. The summed E-state index contributed by atoms with van der Waals surface area (Å²) in [5.41, 5.74) is 0.171. The molecule has 2 aromatic rings. The van der Waals surface area contributed by atoms with Crippen molar-refractivity contribution < 1.29 is 17.6 Å². The maximum absolute atomic E-state index is 12.7. The number of hydrogen-bond acceptors (Lipinski definition) is 1. The van der Waals surface area contributed by atoms with Crippen molar-refractivity contribution in [1.29, 1.82) is 0 Å². The van der Waals surface area contributed by atoms with Gasteiger partial charge in [0.2, 0.25) is 0 Å². The maximum Gasteiger partial charge on any atom is 0.417 e. The number of hydrogen-bond donors (Lipinski definition) is 1. The molecule has 0 fully saturated rings. The second-order valence-electron chi connectivity index (χ2n) is 4.17. The van der Waals surface area contributed by atoms with E-state index in [-0.39, 0.29) is 10.8 Å². The van der Waals surface area contributed by atoms with Gasteiger partial charge >= 0.3 is 6.18 Å². The lowest BCUT2D eigenvalue weighted by molar-refractivity contribution is -0.137. The molecule has 0 heterocycles. The first-order valence-electron chi connectivity index (χ1n) is 5.71. The van der Waals surface area contributed by atoms with Crippen molar-refractivity contribution in [1.82, 2.24) is 0 Å². The van der Waals surface area contributed by atoms with Gasteiger partial charge in [0.25, 0.3) is 0 Å². The molecule has 6 heteroatoms. The van der Waals surface area contributed by atoms with Crippen molar-refractivity contribution in [3.63, 3.8) is 0 Å². The molecule has 0 atom stereocenters. The topological polar surface area (TPSA) is 12.0 Å². The van der Waals surface area contributed by atoms with Gasteiger partial charge in [-0.3, -0.25) is 0 Å². The van der Waals surface area contributed by atoms with Gasteiger partial charge in [-0.15, -0.1) is 0 Å². The smallest absolute Gasteiger partial charge is 0.381 e. The zero-order chi connectivity index (χ0) is 14.8. The summed E-state index contributed by atoms with van der Waals surface area (Å²) in [5, 5.41) is 2.50. The summed E-state index contributed by atoms with van der Waals surface area (Å²) < 4.78 is 50.8. The normalized spacial score (nSPS) is 11.4. The fourth-order valence-electron chi connectivity index (χ4n) is 1.66. The van der Waals surface area contributed by atoms with E-state index in [2.05, 4.69) is 5.32 Å². The van der Waals surface area contributed by atoms with Crippen molar-refractivity contribution >= 4 is 17.3 Å². The van der Waals surface area contributed by atoms with Crippen molar-refractivity contribution in [2.75, 3.05) is 5.32 Å². The summed E-state index contributed by atoms with van der Waals surface area (Å²) in [6.45, 7) is 0.291. The van der Waals surface area contributed by atoms with Gasteiger partial charge in [-0.25, -0.2) is 4.39 Å². The van der Waals surface area contributed by atoms with Crippen LogP contribution in [0.4, 0.5) is 23.2 Å². The number of halogens is 5. The Hall–Kier alpha value is -1.75. The number of nitrogens with one attached hydrogen (secondary N) is 1. The summed E-state index contributed by atoms with van der Waals surface area (Å²) in [6.07, 6.45) is -4.50. The minimum absolute atomic E-state index is 0.291. The maximum atomic E-state index is 12.7. The van der Waals surface area contributed by atoms with Gasteiger partial charge in [0.15, 0.2) is 0 Å². The second kappa shape index (κ2) is 5.71. The van der Waals surface area contributed by atoms with E-state index in [1.807, 2.05) is 0 Å². The van der Waals surface area contributed by atoms with Crippen LogP contribution in [0.25, 0.3) is 0 Å². The Morgan fingerprint density at radius 2 is 1.65 bits per heavy atom. The quantitative estimate of drug-likeness (QED) is 0.777. The van der Waals surface area contributed by atoms with Gasteiger partial charge in [0, 0.05) is 12.2 Å². The van der Waals surface area contributed by atoms with E-state index in [0.29, 0.717) is 12.2 Å². The van der Waals surface area contributed by atoms with Gasteiger partial charge < -0.3 is 5.32 Å². The number of alkyl halides is 3. The molecule has 20 heavy (non-hydrogen) atoms. The van der Waals surface area contributed by atoms with Crippen molar-refractivity contribution in [2.24, 2.45) is 0 Å². The van der Waals surface area contributed by atoms with Gasteiger partial charge in [0.05, 0.1) is 10.6 Å². The molecule has 0 aliphatic rings. The van der Waals surface area contributed by atoms with Crippen molar-refractivity contribution in [3.05, 3.63) is 64.4 Å². The molecule has 0 radical (unpaired) electrons. The molecular formula is C14H10ClF4N. The zero-order valence-corrected chi connectivity index (χ0v) is 10.9. The molecule has 2 aromatic carbocycles. The summed E-state index contributed by atoms with van der Waals surface area (Å²) in [6, 6.07) is 9.30. The van der Waals surface area contributed by atoms with Crippen LogP contribution < -0.4 is 5.32 Å². The Balaban J connectivity index is 2.12. The van der Waals surface area contributed by atoms with Crippen LogP contribution in [0.3, 0.4) is 0 Å². The molecule has 0 amide bonds. The number of benzene rings is 2. The molecular weight excluding hydrogens is 294 g/mol. The number of rotatable bonds is 3. The SMILES string of the molecule is Fc1ccc(CNc2ccc(Cl)c(C(F)(F)F)c2)cc1. The van der Waals surface area contributed by atoms with Crippen LogP contribution in [0.15, 0.2) is 42.5 Å².